The second-order valence-electron chi connectivity index (χ2n) is 11.0. The van der Waals surface area contributed by atoms with Crippen molar-refractivity contribution in [3.63, 3.8) is 0 Å². The van der Waals surface area contributed by atoms with E-state index in [-0.39, 0.29) is 23.3 Å². The number of para-hydroxylation sites is 1. The molecule has 0 saturated heterocycles. The molecule has 2 heterocycles. The fraction of sp³-hybridized carbons (Fsp3) is 0.212. The molecule has 218 valence electrons. The Hall–Kier alpha value is -5.25. The van der Waals surface area contributed by atoms with Gasteiger partial charge in [0, 0.05) is 34.8 Å². The molecule has 6 rings (SSSR count). The number of methoxy groups -OCH3 is 2. The lowest BCUT2D eigenvalue weighted by atomic mass is 10.1. The number of ether oxygens (including phenoxy) is 3. The lowest BCUT2D eigenvalue weighted by molar-refractivity contribution is -0.122. The highest BCUT2D eigenvalue weighted by atomic mass is 19.1. The van der Waals surface area contributed by atoms with Gasteiger partial charge in [-0.05, 0) is 41.8 Å². The molecule has 0 radical (unpaired) electrons. The summed E-state index contributed by atoms with van der Waals surface area (Å²) in [4.78, 5) is 35.0. The van der Waals surface area contributed by atoms with Crippen molar-refractivity contribution >= 4 is 45.0 Å². The highest BCUT2D eigenvalue weighted by molar-refractivity contribution is 6.05. The van der Waals surface area contributed by atoms with Gasteiger partial charge in [0.15, 0.2) is 23.1 Å². The van der Waals surface area contributed by atoms with Gasteiger partial charge < -0.3 is 24.8 Å². The summed E-state index contributed by atoms with van der Waals surface area (Å²) in [6.07, 6.45) is 3.15. The van der Waals surface area contributed by atoms with Crippen LogP contribution in [0.4, 0.5) is 15.8 Å². The summed E-state index contributed by atoms with van der Waals surface area (Å²) in [6.45, 7) is 3.72. The smallest absolute Gasteiger partial charge is 0.228 e. The number of fused-ring (bicyclic) bond motifs is 2. The van der Waals surface area contributed by atoms with Gasteiger partial charge in [0.2, 0.25) is 11.8 Å². The standard InChI is InChI=1S/C33H29FN4O5/c1-33(2)29(30(33)32(40)38-20-13-18-7-5-6-8-23(18)36-17-20)31(39)37-19-9-10-26(22(34)14-19)43-25-11-12-35-24-16-28(42-4)27(41-3)15-21(24)25/h5-17,29-30H,1-4H3,(H,37,39)(H,38,40)/t29-,30+/m0/s1. The van der Waals surface area contributed by atoms with Crippen molar-refractivity contribution in [2.45, 2.75) is 13.8 Å². The number of benzene rings is 3. The van der Waals surface area contributed by atoms with Gasteiger partial charge in [-0.3, -0.25) is 19.6 Å². The fourth-order valence-electron chi connectivity index (χ4n) is 5.51. The molecule has 3 aromatic carbocycles. The van der Waals surface area contributed by atoms with Crippen molar-refractivity contribution in [2.24, 2.45) is 17.3 Å². The Morgan fingerprint density at radius 3 is 2.19 bits per heavy atom. The van der Waals surface area contributed by atoms with E-state index in [9.17, 15) is 9.59 Å². The lowest BCUT2D eigenvalue weighted by Crippen LogP contribution is -2.20. The number of nitrogens with one attached hydrogen (secondary N) is 2. The predicted molar refractivity (Wildman–Crippen MR) is 161 cm³/mol. The summed E-state index contributed by atoms with van der Waals surface area (Å²) >= 11 is 0. The number of pyridine rings is 2. The van der Waals surface area contributed by atoms with E-state index in [1.807, 2.05) is 44.2 Å². The molecule has 1 saturated carbocycles. The summed E-state index contributed by atoms with van der Waals surface area (Å²) in [7, 11) is 3.05. The van der Waals surface area contributed by atoms with E-state index < -0.39 is 23.1 Å². The zero-order chi connectivity index (χ0) is 30.3. The first-order valence-electron chi connectivity index (χ1n) is 13.6. The maximum absolute atomic E-state index is 15.2. The molecule has 0 bridgehead atoms. The van der Waals surface area contributed by atoms with Crippen LogP contribution in [-0.2, 0) is 9.59 Å². The quantitative estimate of drug-likeness (QED) is 0.213. The third kappa shape index (κ3) is 5.27. The van der Waals surface area contributed by atoms with Crippen LogP contribution < -0.4 is 24.8 Å². The van der Waals surface area contributed by atoms with Crippen molar-refractivity contribution in [2.75, 3.05) is 24.9 Å². The molecule has 2 N–H and O–H groups in total. The van der Waals surface area contributed by atoms with E-state index in [1.54, 1.807) is 36.7 Å². The molecule has 0 aliphatic heterocycles. The monoisotopic (exact) mass is 580 g/mol. The minimum Gasteiger partial charge on any atom is -0.493 e. The number of aromatic nitrogens is 2. The lowest BCUT2D eigenvalue weighted by Gasteiger charge is -2.13. The van der Waals surface area contributed by atoms with Gasteiger partial charge >= 0.3 is 0 Å². The van der Waals surface area contributed by atoms with Crippen LogP contribution in [0.5, 0.6) is 23.0 Å². The average molecular weight is 581 g/mol. The number of anilines is 2. The fourth-order valence-corrected chi connectivity index (χ4v) is 5.51. The molecule has 0 unspecified atom stereocenters. The molecule has 1 aliphatic rings. The van der Waals surface area contributed by atoms with E-state index in [0.29, 0.717) is 33.8 Å². The van der Waals surface area contributed by atoms with Gasteiger partial charge in [0.1, 0.15) is 5.75 Å². The van der Waals surface area contributed by atoms with Crippen LogP contribution in [0.25, 0.3) is 21.8 Å². The first kappa shape index (κ1) is 27.9. The number of hydrogen-bond donors (Lipinski definition) is 2. The second-order valence-corrected chi connectivity index (χ2v) is 11.0. The Labute approximate surface area is 247 Å². The van der Waals surface area contributed by atoms with Crippen LogP contribution in [0.3, 0.4) is 0 Å². The number of halogens is 1. The number of carbonyl (C=O) groups excluding carboxylic acids is 2. The Morgan fingerprint density at radius 1 is 0.767 bits per heavy atom. The van der Waals surface area contributed by atoms with E-state index in [2.05, 4.69) is 20.6 Å². The zero-order valence-electron chi connectivity index (χ0n) is 24.0. The molecule has 2 aromatic heterocycles. The maximum atomic E-state index is 15.2. The highest BCUT2D eigenvalue weighted by Crippen LogP contribution is 2.59. The van der Waals surface area contributed by atoms with Gasteiger partial charge in [-0.2, -0.15) is 0 Å². The summed E-state index contributed by atoms with van der Waals surface area (Å²) in [6, 6.07) is 18.7. The second kappa shape index (κ2) is 10.9. The topological polar surface area (TPSA) is 112 Å². The van der Waals surface area contributed by atoms with Gasteiger partial charge in [-0.1, -0.05) is 32.0 Å². The van der Waals surface area contributed by atoms with Crippen molar-refractivity contribution < 1.29 is 28.2 Å². The van der Waals surface area contributed by atoms with Gasteiger partial charge in [0.05, 0.1) is 49.0 Å². The summed E-state index contributed by atoms with van der Waals surface area (Å²) in [5.74, 6) is -1.11. The third-order valence-corrected chi connectivity index (χ3v) is 7.88. The molecule has 9 nitrogen and oxygen atoms in total. The Morgan fingerprint density at radius 2 is 1.47 bits per heavy atom. The van der Waals surface area contributed by atoms with Crippen molar-refractivity contribution in [1.29, 1.82) is 0 Å². The van der Waals surface area contributed by atoms with Crippen LogP contribution in [0.1, 0.15) is 13.8 Å². The Kier molecular flexibility index (Phi) is 7.05. The number of rotatable bonds is 8. The van der Waals surface area contributed by atoms with Crippen molar-refractivity contribution in [3.05, 3.63) is 84.9 Å². The number of hydrogen-bond acceptors (Lipinski definition) is 7. The minimum absolute atomic E-state index is 0.0340. The summed E-state index contributed by atoms with van der Waals surface area (Å²) in [5, 5.41) is 7.15. The highest BCUT2D eigenvalue weighted by Gasteiger charge is 2.65. The summed E-state index contributed by atoms with van der Waals surface area (Å²) < 4.78 is 31.8. The van der Waals surface area contributed by atoms with Crippen LogP contribution >= 0.6 is 0 Å². The summed E-state index contributed by atoms with van der Waals surface area (Å²) in [5.41, 5.74) is 1.64. The molecule has 2 amide bonds. The Bertz CT molecular complexity index is 1890. The van der Waals surface area contributed by atoms with Gasteiger partial charge in [0.25, 0.3) is 0 Å². The number of nitrogens with zero attached hydrogens (tertiary/aromatic N) is 2. The van der Waals surface area contributed by atoms with Gasteiger partial charge in [-0.25, -0.2) is 4.39 Å². The van der Waals surface area contributed by atoms with Crippen LogP contribution in [-0.4, -0.2) is 36.0 Å². The third-order valence-electron chi connectivity index (χ3n) is 7.88. The molecule has 2 atom stereocenters. The molecular formula is C33H29FN4O5. The van der Waals surface area contributed by atoms with E-state index in [0.717, 1.165) is 10.9 Å². The largest absolute Gasteiger partial charge is 0.493 e. The molecule has 1 aliphatic carbocycles. The van der Waals surface area contributed by atoms with Crippen molar-refractivity contribution in [3.8, 4) is 23.0 Å². The normalized spacial score (nSPS) is 16.9. The first-order chi connectivity index (χ1) is 20.7. The van der Waals surface area contributed by atoms with E-state index >= 15 is 4.39 Å². The zero-order valence-corrected chi connectivity index (χ0v) is 24.0. The SMILES string of the molecule is COc1cc2nccc(Oc3ccc(NC(=O)[C@@H]4[C@H](C(=O)Nc5cnc6ccccc6c5)C4(C)C)cc3F)c2cc1OC. The molecule has 10 heteroatoms. The maximum Gasteiger partial charge on any atom is 0.228 e. The number of carbonyl (C=O) groups is 2. The van der Waals surface area contributed by atoms with Crippen molar-refractivity contribution in [1.82, 2.24) is 9.97 Å². The van der Waals surface area contributed by atoms with Gasteiger partial charge in [-0.15, -0.1) is 0 Å². The Balaban J connectivity index is 1.14. The van der Waals surface area contributed by atoms with Crippen LogP contribution in [0.15, 0.2) is 79.1 Å². The molecule has 1 fully saturated rings. The minimum atomic E-state index is -0.670. The number of amides is 2. The average Bonchev–Trinajstić information content (AvgIpc) is 3.59. The predicted octanol–water partition coefficient (Wildman–Crippen LogP) is 6.58. The van der Waals surface area contributed by atoms with E-state index in [1.165, 1.54) is 26.4 Å². The van der Waals surface area contributed by atoms with Crippen LogP contribution in [0, 0.1) is 23.1 Å². The molecule has 0 spiro atoms. The molecule has 5 aromatic rings. The first-order valence-corrected chi connectivity index (χ1v) is 13.6. The molecular weight excluding hydrogens is 551 g/mol. The van der Waals surface area contributed by atoms with E-state index in [4.69, 9.17) is 14.2 Å². The molecule has 43 heavy (non-hydrogen) atoms. The van der Waals surface area contributed by atoms with Crippen LogP contribution in [0.2, 0.25) is 0 Å².